The Kier molecular flexibility index (Phi) is 4.99. The maximum Gasteiger partial charge on any atom is 0.408 e. The summed E-state index contributed by atoms with van der Waals surface area (Å²) in [5.74, 6) is 0.470. The van der Waals surface area contributed by atoms with E-state index in [9.17, 15) is 10.1 Å². The van der Waals surface area contributed by atoms with Gasteiger partial charge in [0, 0.05) is 18.6 Å². The number of nitrogens with one attached hydrogen (secondary N) is 2. The van der Waals surface area contributed by atoms with Gasteiger partial charge in [-0.25, -0.2) is 9.78 Å². The summed E-state index contributed by atoms with van der Waals surface area (Å²) in [4.78, 5) is 22.9. The largest absolute Gasteiger partial charge is 0.444 e. The molecule has 0 aliphatic carbocycles. The second kappa shape index (κ2) is 6.96. The van der Waals surface area contributed by atoms with E-state index >= 15 is 0 Å². The maximum absolute atomic E-state index is 12.1. The fraction of sp³-hybridized carbons (Fsp3) is 0.588. The molecule has 1 aliphatic rings. The van der Waals surface area contributed by atoms with Crippen molar-refractivity contribution in [2.75, 3.05) is 18.0 Å². The van der Waals surface area contributed by atoms with Crippen LogP contribution in [0.2, 0.25) is 0 Å². The Labute approximate surface area is 165 Å². The minimum Gasteiger partial charge on any atom is -0.444 e. The second-order valence-corrected chi connectivity index (χ2v) is 8.69. The number of nitrogens with zero attached hydrogens (tertiary/aromatic N) is 5. The summed E-state index contributed by atoms with van der Waals surface area (Å²) >= 11 is 3.32. The number of nitriles is 1. The first-order valence-electron chi connectivity index (χ1n) is 8.68. The van der Waals surface area contributed by atoms with E-state index in [2.05, 4.69) is 47.5 Å². The number of aromatic nitrogens is 4. The molecule has 1 aliphatic heterocycles. The average molecular weight is 436 g/mol. The van der Waals surface area contributed by atoms with Crippen molar-refractivity contribution in [3.05, 3.63) is 10.3 Å². The van der Waals surface area contributed by atoms with Crippen LogP contribution in [0.25, 0.3) is 11.0 Å². The van der Waals surface area contributed by atoms with Crippen LogP contribution in [0.15, 0.2) is 4.60 Å². The van der Waals surface area contributed by atoms with Crippen molar-refractivity contribution in [3.63, 3.8) is 0 Å². The lowest BCUT2D eigenvalue weighted by atomic mass is 9.90. The first-order valence-corrected chi connectivity index (χ1v) is 9.47. The van der Waals surface area contributed by atoms with Crippen LogP contribution in [0.3, 0.4) is 0 Å². The molecular formula is C17H22BrN7O2. The minimum absolute atomic E-state index is 0.274. The molecule has 0 bridgehead atoms. The van der Waals surface area contributed by atoms with Gasteiger partial charge in [0.25, 0.3) is 0 Å². The van der Waals surface area contributed by atoms with Crippen molar-refractivity contribution in [3.8, 4) is 6.07 Å². The van der Waals surface area contributed by atoms with E-state index in [1.54, 1.807) is 0 Å². The number of hydrogen-bond donors (Lipinski definition) is 2. The fourth-order valence-electron chi connectivity index (χ4n) is 2.98. The molecule has 0 spiro atoms. The number of carbonyl (C=O) groups excluding carboxylic acids is 1. The predicted molar refractivity (Wildman–Crippen MR) is 103 cm³/mol. The predicted octanol–water partition coefficient (Wildman–Crippen LogP) is 2.87. The molecule has 10 heteroatoms. The zero-order chi connectivity index (χ0) is 19.8. The van der Waals surface area contributed by atoms with Crippen LogP contribution in [0, 0.1) is 11.3 Å². The molecular weight excluding hydrogens is 414 g/mol. The van der Waals surface area contributed by atoms with Crippen LogP contribution >= 0.6 is 15.9 Å². The van der Waals surface area contributed by atoms with Gasteiger partial charge >= 0.3 is 6.09 Å². The standard InChI is InChI=1S/C17H22BrN7O2/c1-16(2,3)27-15(26)22-17(4)5-7-25(8-6-17)14-20-10(9-19)11-12(18)23-24-13(11)21-14/h5-8H2,1-4H3,(H,22,26)(H,20,21,23,24). The number of aromatic amines is 1. The van der Waals surface area contributed by atoms with E-state index in [4.69, 9.17) is 4.74 Å². The second-order valence-electron chi connectivity index (χ2n) is 7.89. The molecule has 2 N–H and O–H groups in total. The summed E-state index contributed by atoms with van der Waals surface area (Å²) in [7, 11) is 0. The molecule has 3 heterocycles. The van der Waals surface area contributed by atoms with E-state index in [0.29, 0.717) is 47.5 Å². The van der Waals surface area contributed by atoms with Crippen LogP contribution in [0.5, 0.6) is 0 Å². The van der Waals surface area contributed by atoms with E-state index in [-0.39, 0.29) is 11.2 Å². The SMILES string of the molecule is CC1(NC(=O)OC(C)(C)C)CCN(c2nc(C#N)c3c(Br)[nH]nc3n2)CC1. The molecule has 0 saturated carbocycles. The first kappa shape index (κ1) is 19.4. The summed E-state index contributed by atoms with van der Waals surface area (Å²) in [5.41, 5.74) is -0.175. The third kappa shape index (κ3) is 4.30. The van der Waals surface area contributed by atoms with E-state index in [1.807, 2.05) is 32.6 Å². The summed E-state index contributed by atoms with van der Waals surface area (Å²) in [5, 5.41) is 19.8. The van der Waals surface area contributed by atoms with Gasteiger partial charge in [0.2, 0.25) is 5.95 Å². The quantitative estimate of drug-likeness (QED) is 0.743. The molecule has 9 nitrogen and oxygen atoms in total. The highest BCUT2D eigenvalue weighted by Crippen LogP contribution is 2.28. The lowest BCUT2D eigenvalue weighted by Gasteiger charge is -2.40. The van der Waals surface area contributed by atoms with Gasteiger partial charge in [-0.15, -0.1) is 0 Å². The van der Waals surface area contributed by atoms with Gasteiger partial charge in [-0.05, 0) is 56.5 Å². The molecule has 1 saturated heterocycles. The molecule has 0 atom stereocenters. The van der Waals surface area contributed by atoms with Crippen LogP contribution in [0.4, 0.5) is 10.7 Å². The number of hydrogen-bond acceptors (Lipinski definition) is 7. The van der Waals surface area contributed by atoms with Crippen molar-refractivity contribution in [1.82, 2.24) is 25.5 Å². The zero-order valence-electron chi connectivity index (χ0n) is 15.8. The van der Waals surface area contributed by atoms with Crippen LogP contribution in [0.1, 0.15) is 46.2 Å². The van der Waals surface area contributed by atoms with Gasteiger partial charge < -0.3 is 15.0 Å². The lowest BCUT2D eigenvalue weighted by molar-refractivity contribution is 0.0448. The van der Waals surface area contributed by atoms with Crippen molar-refractivity contribution in [1.29, 1.82) is 5.26 Å². The van der Waals surface area contributed by atoms with Crippen molar-refractivity contribution in [2.24, 2.45) is 0 Å². The number of H-pyrrole nitrogens is 1. The van der Waals surface area contributed by atoms with Gasteiger partial charge in [0.05, 0.1) is 5.39 Å². The van der Waals surface area contributed by atoms with Gasteiger partial charge in [-0.1, -0.05) is 0 Å². The Bertz CT molecular complexity index is 904. The maximum atomic E-state index is 12.1. The summed E-state index contributed by atoms with van der Waals surface area (Å²) in [6.07, 6.45) is 1.00. The van der Waals surface area contributed by atoms with Gasteiger partial charge in [0.15, 0.2) is 11.3 Å². The molecule has 0 aromatic carbocycles. The number of amides is 1. The van der Waals surface area contributed by atoms with Crippen LogP contribution in [-0.2, 0) is 4.74 Å². The Morgan fingerprint density at radius 1 is 1.37 bits per heavy atom. The highest BCUT2D eigenvalue weighted by Gasteiger charge is 2.34. The molecule has 2 aromatic rings. The van der Waals surface area contributed by atoms with Gasteiger partial charge in [0.1, 0.15) is 16.3 Å². The normalized spacial score (nSPS) is 16.8. The Balaban J connectivity index is 1.71. The first-order chi connectivity index (χ1) is 12.6. The number of anilines is 1. The third-order valence-electron chi connectivity index (χ3n) is 4.42. The fourth-order valence-corrected chi connectivity index (χ4v) is 3.43. The van der Waals surface area contributed by atoms with Crippen LogP contribution in [-0.4, -0.2) is 50.5 Å². The van der Waals surface area contributed by atoms with Gasteiger partial charge in [-0.2, -0.15) is 15.3 Å². The summed E-state index contributed by atoms with van der Waals surface area (Å²) in [6.45, 7) is 8.81. The van der Waals surface area contributed by atoms with Crippen molar-refractivity contribution in [2.45, 2.75) is 51.7 Å². The summed E-state index contributed by atoms with van der Waals surface area (Å²) < 4.78 is 5.95. The average Bonchev–Trinajstić information content (AvgIpc) is 2.94. The van der Waals surface area contributed by atoms with Gasteiger partial charge in [-0.3, -0.25) is 5.10 Å². The minimum atomic E-state index is -0.532. The highest BCUT2D eigenvalue weighted by atomic mass is 79.9. The number of rotatable bonds is 2. The molecule has 3 rings (SSSR count). The number of alkyl carbamates (subject to hydrolysis) is 1. The molecule has 144 valence electrons. The van der Waals surface area contributed by atoms with E-state index in [0.717, 1.165) is 0 Å². The zero-order valence-corrected chi connectivity index (χ0v) is 17.3. The molecule has 1 fully saturated rings. The third-order valence-corrected chi connectivity index (χ3v) is 4.99. The molecule has 2 aromatic heterocycles. The van der Waals surface area contributed by atoms with E-state index in [1.165, 1.54) is 0 Å². The molecule has 0 unspecified atom stereocenters. The smallest absolute Gasteiger partial charge is 0.408 e. The van der Waals surface area contributed by atoms with Crippen LogP contribution < -0.4 is 10.2 Å². The number of piperidine rings is 1. The molecule has 0 radical (unpaired) electrons. The van der Waals surface area contributed by atoms with E-state index < -0.39 is 11.7 Å². The van der Waals surface area contributed by atoms with Crippen molar-refractivity contribution < 1.29 is 9.53 Å². The summed E-state index contributed by atoms with van der Waals surface area (Å²) in [6, 6.07) is 2.10. The molecule has 27 heavy (non-hydrogen) atoms. The Hall–Kier alpha value is -2.41. The Morgan fingerprint density at radius 3 is 2.63 bits per heavy atom. The molecule has 1 amide bonds. The topological polar surface area (TPSA) is 120 Å². The monoisotopic (exact) mass is 435 g/mol. The number of halogens is 1. The number of fused-ring (bicyclic) bond motifs is 1. The Morgan fingerprint density at radius 2 is 2.04 bits per heavy atom. The lowest BCUT2D eigenvalue weighted by Crippen LogP contribution is -2.54. The van der Waals surface area contributed by atoms with Crippen molar-refractivity contribution >= 4 is 39.0 Å². The number of ether oxygens (including phenoxy) is 1. The number of carbonyl (C=O) groups is 1. The highest BCUT2D eigenvalue weighted by molar-refractivity contribution is 9.10.